The normalized spacial score (nSPS) is 8.80. The zero-order chi connectivity index (χ0) is 7.40. The van der Waals surface area contributed by atoms with Crippen LogP contribution in [0.25, 0.3) is 0 Å². The molecule has 0 aliphatic rings. The average molecular weight is 134 g/mol. The minimum absolute atomic E-state index is 0.485. The van der Waals surface area contributed by atoms with Crippen LogP contribution in [0.1, 0.15) is 11.1 Å². The molecule has 2 heteroatoms. The van der Waals surface area contributed by atoms with Crippen LogP contribution in [0.2, 0.25) is 0 Å². The van der Waals surface area contributed by atoms with Crippen molar-refractivity contribution in [3.05, 3.63) is 35.4 Å². The Hall–Kier alpha value is -1.36. The summed E-state index contributed by atoms with van der Waals surface area (Å²) in [5, 5.41) is 8.34. The number of rotatable bonds is 1. The van der Waals surface area contributed by atoms with Crippen LogP contribution in [0.5, 0.6) is 0 Å². The van der Waals surface area contributed by atoms with Gasteiger partial charge >= 0.3 is 0 Å². The van der Waals surface area contributed by atoms with Gasteiger partial charge in [0.05, 0.1) is 11.6 Å². The molecule has 0 aromatic heterocycles. The molecule has 0 N–H and O–H groups in total. The Morgan fingerprint density at radius 3 is 2.80 bits per heavy atom. The predicted molar refractivity (Wildman–Crippen MR) is 34.8 cm³/mol. The van der Waals surface area contributed by atoms with Gasteiger partial charge in [0.1, 0.15) is 6.67 Å². The predicted octanol–water partition coefficient (Wildman–Crippen LogP) is 1.83. The first-order valence-electron chi connectivity index (χ1n) is 2.83. The van der Waals surface area contributed by atoms with E-state index in [0.29, 0.717) is 11.1 Å². The lowest BCUT2D eigenvalue weighted by Gasteiger charge is -1.90. The Morgan fingerprint density at radius 2 is 2.40 bits per heavy atom. The van der Waals surface area contributed by atoms with E-state index < -0.39 is 6.67 Å². The molecule has 1 nitrogen and oxygen atoms in total. The molecule has 0 atom stereocenters. The maximum absolute atomic E-state index is 11.8. The van der Waals surface area contributed by atoms with Crippen molar-refractivity contribution in [1.82, 2.24) is 0 Å². The third-order valence-corrected chi connectivity index (χ3v) is 1.15. The summed E-state index contributed by atoms with van der Waals surface area (Å²) in [6.45, 7) is -0.522. The molecule has 0 aliphatic carbocycles. The second-order valence-electron chi connectivity index (χ2n) is 1.85. The standard InChI is InChI=1S/C8H5FN/c9-5-7-1-3-8(6-10)4-2-7/h1,3-4H,5H2. The second kappa shape index (κ2) is 2.98. The van der Waals surface area contributed by atoms with Gasteiger partial charge in [0.25, 0.3) is 0 Å². The van der Waals surface area contributed by atoms with Crippen LogP contribution in [0, 0.1) is 17.4 Å². The van der Waals surface area contributed by atoms with Gasteiger partial charge in [-0.05, 0) is 23.8 Å². The molecule has 0 amide bonds. The van der Waals surface area contributed by atoms with E-state index in [0.717, 1.165) is 0 Å². The fourth-order valence-electron chi connectivity index (χ4n) is 0.610. The third kappa shape index (κ3) is 1.32. The molecular formula is C8H5FN. The fraction of sp³-hybridized carbons (Fsp3) is 0.125. The number of benzene rings is 1. The number of nitrogens with zero attached hydrogens (tertiary/aromatic N) is 1. The summed E-state index contributed by atoms with van der Waals surface area (Å²) >= 11 is 0. The van der Waals surface area contributed by atoms with E-state index in [2.05, 4.69) is 6.07 Å². The maximum Gasteiger partial charge on any atom is 0.115 e. The Labute approximate surface area is 58.7 Å². The maximum atomic E-state index is 11.8. The van der Waals surface area contributed by atoms with Gasteiger partial charge in [0.15, 0.2) is 0 Å². The van der Waals surface area contributed by atoms with Crippen molar-refractivity contribution in [2.45, 2.75) is 6.67 Å². The van der Waals surface area contributed by atoms with E-state index in [-0.39, 0.29) is 0 Å². The van der Waals surface area contributed by atoms with Gasteiger partial charge in [0.2, 0.25) is 0 Å². The molecule has 10 heavy (non-hydrogen) atoms. The lowest BCUT2D eigenvalue weighted by atomic mass is 10.2. The summed E-state index contributed by atoms with van der Waals surface area (Å²) in [5.41, 5.74) is 0.996. The number of halogens is 1. The summed E-state index contributed by atoms with van der Waals surface area (Å²) in [5.74, 6) is 0. The zero-order valence-corrected chi connectivity index (χ0v) is 5.26. The molecule has 0 unspecified atom stereocenters. The SMILES string of the molecule is N#Cc1c[c]c(CF)cc1. The number of alkyl halides is 1. The molecule has 0 saturated heterocycles. The molecule has 1 radical (unpaired) electrons. The van der Waals surface area contributed by atoms with E-state index in [1.54, 1.807) is 12.1 Å². The average Bonchev–Trinajstić information content (AvgIpc) is 2.05. The van der Waals surface area contributed by atoms with Gasteiger partial charge in [-0.1, -0.05) is 6.07 Å². The largest absolute Gasteiger partial charge is 0.246 e. The van der Waals surface area contributed by atoms with E-state index >= 15 is 0 Å². The summed E-state index contributed by atoms with van der Waals surface area (Å²) in [4.78, 5) is 0. The van der Waals surface area contributed by atoms with E-state index in [1.807, 2.05) is 6.07 Å². The lowest BCUT2D eigenvalue weighted by molar-refractivity contribution is 0.485. The van der Waals surface area contributed by atoms with Crippen LogP contribution in [0.4, 0.5) is 4.39 Å². The first-order valence-corrected chi connectivity index (χ1v) is 2.83. The highest BCUT2D eigenvalue weighted by Gasteiger charge is 1.91. The van der Waals surface area contributed by atoms with Crippen LogP contribution in [-0.4, -0.2) is 0 Å². The summed E-state index contributed by atoms with van der Waals surface area (Å²) < 4.78 is 11.8. The highest BCUT2D eigenvalue weighted by molar-refractivity contribution is 5.30. The lowest BCUT2D eigenvalue weighted by Crippen LogP contribution is -1.78. The fourth-order valence-corrected chi connectivity index (χ4v) is 0.610. The highest BCUT2D eigenvalue weighted by Crippen LogP contribution is 2.02. The quantitative estimate of drug-likeness (QED) is 0.574. The first kappa shape index (κ1) is 6.76. The molecule has 0 heterocycles. The first-order chi connectivity index (χ1) is 4.86. The Kier molecular flexibility index (Phi) is 2.01. The number of hydrogen-bond acceptors (Lipinski definition) is 1. The minimum Gasteiger partial charge on any atom is -0.246 e. The van der Waals surface area contributed by atoms with Crippen molar-refractivity contribution in [2.75, 3.05) is 0 Å². The van der Waals surface area contributed by atoms with E-state index in [1.165, 1.54) is 6.07 Å². The van der Waals surface area contributed by atoms with Gasteiger partial charge in [-0.2, -0.15) is 5.26 Å². The van der Waals surface area contributed by atoms with Crippen molar-refractivity contribution >= 4 is 0 Å². The topological polar surface area (TPSA) is 23.8 Å². The zero-order valence-electron chi connectivity index (χ0n) is 5.26. The molecule has 0 bridgehead atoms. The summed E-state index contributed by atoms with van der Waals surface area (Å²) in [7, 11) is 0. The van der Waals surface area contributed by atoms with Gasteiger partial charge in [-0.3, -0.25) is 0 Å². The highest BCUT2D eigenvalue weighted by atomic mass is 19.1. The van der Waals surface area contributed by atoms with Crippen LogP contribution in [0.15, 0.2) is 18.2 Å². The van der Waals surface area contributed by atoms with Crippen LogP contribution in [0.3, 0.4) is 0 Å². The number of nitriles is 1. The Balaban J connectivity index is 2.93. The van der Waals surface area contributed by atoms with Crippen LogP contribution in [-0.2, 0) is 6.67 Å². The smallest absolute Gasteiger partial charge is 0.115 e. The summed E-state index contributed by atoms with van der Waals surface area (Å²) in [6, 6.07) is 9.17. The molecule has 1 aromatic rings. The Morgan fingerprint density at radius 1 is 1.60 bits per heavy atom. The molecular weight excluding hydrogens is 129 g/mol. The number of hydrogen-bond donors (Lipinski definition) is 0. The van der Waals surface area contributed by atoms with E-state index in [9.17, 15) is 4.39 Å². The molecule has 0 saturated carbocycles. The second-order valence-corrected chi connectivity index (χ2v) is 1.85. The van der Waals surface area contributed by atoms with Gasteiger partial charge < -0.3 is 0 Å². The van der Waals surface area contributed by atoms with Gasteiger partial charge in [0, 0.05) is 0 Å². The van der Waals surface area contributed by atoms with Crippen molar-refractivity contribution in [1.29, 1.82) is 5.26 Å². The molecule has 1 rings (SSSR count). The van der Waals surface area contributed by atoms with Crippen molar-refractivity contribution in [3.8, 4) is 6.07 Å². The van der Waals surface area contributed by atoms with Crippen LogP contribution < -0.4 is 0 Å². The minimum atomic E-state index is -0.522. The van der Waals surface area contributed by atoms with Gasteiger partial charge in [-0.25, -0.2) is 4.39 Å². The molecule has 0 fully saturated rings. The molecule has 0 spiro atoms. The summed E-state index contributed by atoms with van der Waals surface area (Å²) in [6.07, 6.45) is 0. The third-order valence-electron chi connectivity index (χ3n) is 1.15. The molecule has 49 valence electrons. The van der Waals surface area contributed by atoms with Crippen molar-refractivity contribution in [2.24, 2.45) is 0 Å². The Bertz CT molecular complexity index is 245. The molecule has 1 aromatic carbocycles. The van der Waals surface area contributed by atoms with Crippen molar-refractivity contribution < 1.29 is 4.39 Å². The van der Waals surface area contributed by atoms with E-state index in [4.69, 9.17) is 5.26 Å². The monoisotopic (exact) mass is 134 g/mol. The van der Waals surface area contributed by atoms with Crippen LogP contribution >= 0.6 is 0 Å². The van der Waals surface area contributed by atoms with Crippen molar-refractivity contribution in [3.63, 3.8) is 0 Å². The van der Waals surface area contributed by atoms with Gasteiger partial charge in [-0.15, -0.1) is 0 Å². The molecule has 0 aliphatic heterocycles.